The Morgan fingerprint density at radius 1 is 0.905 bits per heavy atom. The second-order valence-corrected chi connectivity index (χ2v) is 13.7. The van der Waals surface area contributed by atoms with Crippen LogP contribution in [0.3, 0.4) is 0 Å². The molecule has 0 aliphatic heterocycles. The van der Waals surface area contributed by atoms with Gasteiger partial charge < -0.3 is 10.2 Å². The molecule has 1 N–H and O–H groups in total. The zero-order valence-electron chi connectivity index (χ0n) is 25.4. The number of rotatable bonds is 11. The number of hydrogen-bond acceptors (Lipinski definition) is 4. The molecule has 0 aliphatic rings. The molecule has 1 atom stereocenters. The largest absolute Gasteiger partial charge is 0.350 e. The Morgan fingerprint density at radius 2 is 1.52 bits per heavy atom. The molecule has 2 amide bonds. The molecule has 42 heavy (non-hydrogen) atoms. The van der Waals surface area contributed by atoms with Crippen molar-refractivity contribution < 1.29 is 22.4 Å². The third-order valence-corrected chi connectivity index (χ3v) is 8.49. The fourth-order valence-corrected chi connectivity index (χ4v) is 5.60. The summed E-state index contributed by atoms with van der Waals surface area (Å²) in [5, 5.41) is 2.99. The Morgan fingerprint density at radius 3 is 2.10 bits per heavy atom. The van der Waals surface area contributed by atoms with Crippen molar-refractivity contribution in [3.05, 3.63) is 101 Å². The van der Waals surface area contributed by atoms with E-state index in [0.29, 0.717) is 16.8 Å². The fourth-order valence-electron chi connectivity index (χ4n) is 4.48. The average molecular weight is 597 g/mol. The Kier molecular flexibility index (Phi) is 10.5. The number of carbonyl (C=O) groups is 2. The standard InChI is InChI=1S/C32H41FN4O4S/c1-23-13-14-24(2)28(19-23)37(42(40,41)35(6)7)22-30(38)36(21-26-15-17-27(33)18-16-26)29(31(39)34-32(3,4)5)20-25-11-9-8-10-12-25/h8-19,29H,20-22H2,1-7H3,(H,34,39). The van der Waals surface area contributed by atoms with Crippen molar-refractivity contribution in [3.63, 3.8) is 0 Å². The number of benzene rings is 3. The van der Waals surface area contributed by atoms with Crippen LogP contribution in [0.15, 0.2) is 72.8 Å². The summed E-state index contributed by atoms with van der Waals surface area (Å²) in [5.41, 5.74) is 2.72. The molecule has 3 aromatic rings. The van der Waals surface area contributed by atoms with Crippen molar-refractivity contribution in [1.29, 1.82) is 0 Å². The van der Waals surface area contributed by atoms with E-state index in [1.807, 2.05) is 64.1 Å². The van der Waals surface area contributed by atoms with Gasteiger partial charge in [-0.2, -0.15) is 12.7 Å². The van der Waals surface area contributed by atoms with Crippen LogP contribution in [0.5, 0.6) is 0 Å². The Hall–Kier alpha value is -3.76. The topological polar surface area (TPSA) is 90.0 Å². The fraction of sp³-hybridized carbons (Fsp3) is 0.375. The molecule has 0 radical (unpaired) electrons. The number of amides is 2. The maximum atomic E-state index is 14.3. The predicted octanol–water partition coefficient (Wildman–Crippen LogP) is 4.61. The van der Waals surface area contributed by atoms with Crippen LogP contribution in [0.25, 0.3) is 0 Å². The average Bonchev–Trinajstić information content (AvgIpc) is 2.91. The van der Waals surface area contributed by atoms with Crippen LogP contribution >= 0.6 is 0 Å². The first kappa shape index (κ1) is 32.8. The molecule has 3 aromatic carbocycles. The van der Waals surface area contributed by atoms with Gasteiger partial charge in [0.2, 0.25) is 11.8 Å². The number of aryl methyl sites for hydroxylation is 2. The maximum absolute atomic E-state index is 14.3. The van der Waals surface area contributed by atoms with E-state index in [1.54, 1.807) is 31.2 Å². The molecule has 0 spiro atoms. The van der Waals surface area contributed by atoms with Gasteiger partial charge in [0.15, 0.2) is 0 Å². The molecule has 0 aliphatic carbocycles. The molecule has 0 bridgehead atoms. The van der Waals surface area contributed by atoms with E-state index in [0.717, 1.165) is 19.7 Å². The number of hydrogen-bond donors (Lipinski definition) is 1. The molecular formula is C32H41FN4O4S. The Labute approximate surface area is 249 Å². The summed E-state index contributed by atoms with van der Waals surface area (Å²) in [4.78, 5) is 29.5. The SMILES string of the molecule is Cc1ccc(C)c(N(CC(=O)N(Cc2ccc(F)cc2)C(Cc2ccccc2)C(=O)NC(C)(C)C)S(=O)(=O)N(C)C)c1. The minimum Gasteiger partial charge on any atom is -0.350 e. The van der Waals surface area contributed by atoms with Gasteiger partial charge in [-0.05, 0) is 75.1 Å². The first-order chi connectivity index (χ1) is 19.6. The summed E-state index contributed by atoms with van der Waals surface area (Å²) in [6.07, 6.45) is 0.194. The molecule has 0 heterocycles. The van der Waals surface area contributed by atoms with E-state index in [-0.39, 0.29) is 18.9 Å². The Bertz CT molecular complexity index is 1490. The van der Waals surface area contributed by atoms with Gasteiger partial charge >= 0.3 is 10.2 Å². The summed E-state index contributed by atoms with van der Waals surface area (Å²) in [6, 6.07) is 19.4. The van der Waals surface area contributed by atoms with Crippen molar-refractivity contribution in [2.75, 3.05) is 24.9 Å². The second-order valence-electron chi connectivity index (χ2n) is 11.7. The number of nitrogens with zero attached hydrogens (tertiary/aromatic N) is 3. The number of nitrogens with one attached hydrogen (secondary N) is 1. The maximum Gasteiger partial charge on any atom is 0.304 e. The van der Waals surface area contributed by atoms with Crippen LogP contribution in [-0.4, -0.2) is 61.7 Å². The van der Waals surface area contributed by atoms with Crippen molar-refractivity contribution >= 4 is 27.7 Å². The molecule has 3 rings (SSSR count). The van der Waals surface area contributed by atoms with Crippen LogP contribution in [0.4, 0.5) is 10.1 Å². The van der Waals surface area contributed by atoms with Crippen molar-refractivity contribution in [3.8, 4) is 0 Å². The van der Waals surface area contributed by atoms with Gasteiger partial charge in [-0.25, -0.2) is 8.70 Å². The van der Waals surface area contributed by atoms with Gasteiger partial charge in [0, 0.05) is 32.6 Å². The summed E-state index contributed by atoms with van der Waals surface area (Å²) < 4.78 is 43.1. The van der Waals surface area contributed by atoms with Crippen LogP contribution in [-0.2, 0) is 32.8 Å². The van der Waals surface area contributed by atoms with Crippen molar-refractivity contribution in [2.45, 2.75) is 59.2 Å². The van der Waals surface area contributed by atoms with Gasteiger partial charge in [0.05, 0.1) is 5.69 Å². The van der Waals surface area contributed by atoms with Gasteiger partial charge in [-0.3, -0.25) is 9.59 Å². The van der Waals surface area contributed by atoms with Crippen molar-refractivity contribution in [1.82, 2.24) is 14.5 Å². The smallest absolute Gasteiger partial charge is 0.304 e. The van der Waals surface area contributed by atoms with Crippen LogP contribution < -0.4 is 9.62 Å². The second kappa shape index (κ2) is 13.5. The lowest BCUT2D eigenvalue weighted by molar-refractivity contribution is -0.140. The highest BCUT2D eigenvalue weighted by Crippen LogP contribution is 2.26. The minimum absolute atomic E-state index is 0.0309. The van der Waals surface area contributed by atoms with E-state index in [9.17, 15) is 22.4 Å². The molecule has 0 saturated carbocycles. The highest BCUT2D eigenvalue weighted by atomic mass is 32.2. The molecule has 0 saturated heterocycles. The first-order valence-electron chi connectivity index (χ1n) is 13.8. The number of anilines is 1. The monoisotopic (exact) mass is 596 g/mol. The lowest BCUT2D eigenvalue weighted by atomic mass is 10.0. The van der Waals surface area contributed by atoms with E-state index < -0.39 is 40.1 Å². The van der Waals surface area contributed by atoms with Crippen LogP contribution in [0.2, 0.25) is 0 Å². The lowest BCUT2D eigenvalue weighted by Gasteiger charge is -2.36. The third kappa shape index (κ3) is 8.62. The molecule has 0 fully saturated rings. The zero-order valence-corrected chi connectivity index (χ0v) is 26.2. The highest BCUT2D eigenvalue weighted by molar-refractivity contribution is 7.90. The van der Waals surface area contributed by atoms with Crippen LogP contribution in [0.1, 0.15) is 43.0 Å². The molecule has 226 valence electrons. The molecule has 8 nitrogen and oxygen atoms in total. The summed E-state index contributed by atoms with van der Waals surface area (Å²) in [5.74, 6) is -1.38. The number of carbonyl (C=O) groups excluding carboxylic acids is 2. The van der Waals surface area contributed by atoms with Gasteiger partial charge in [-0.15, -0.1) is 0 Å². The zero-order chi connectivity index (χ0) is 31.2. The van der Waals surface area contributed by atoms with E-state index >= 15 is 0 Å². The first-order valence-corrected chi connectivity index (χ1v) is 15.2. The van der Waals surface area contributed by atoms with E-state index in [1.165, 1.54) is 31.1 Å². The van der Waals surface area contributed by atoms with Gasteiger partial charge in [0.1, 0.15) is 18.4 Å². The van der Waals surface area contributed by atoms with E-state index in [2.05, 4.69) is 5.32 Å². The normalized spacial score (nSPS) is 12.6. The summed E-state index contributed by atoms with van der Waals surface area (Å²) >= 11 is 0. The Balaban J connectivity index is 2.14. The van der Waals surface area contributed by atoms with Gasteiger partial charge in [0.25, 0.3) is 0 Å². The highest BCUT2D eigenvalue weighted by Gasteiger charge is 2.36. The minimum atomic E-state index is -4.10. The lowest BCUT2D eigenvalue weighted by Crippen LogP contribution is -2.56. The summed E-state index contributed by atoms with van der Waals surface area (Å²) in [6.45, 7) is 8.60. The molecule has 10 heteroatoms. The quantitative estimate of drug-likeness (QED) is 0.350. The van der Waals surface area contributed by atoms with Crippen molar-refractivity contribution in [2.24, 2.45) is 0 Å². The van der Waals surface area contributed by atoms with Gasteiger partial charge in [-0.1, -0.05) is 54.6 Å². The molecular weight excluding hydrogens is 555 g/mol. The summed E-state index contributed by atoms with van der Waals surface area (Å²) in [7, 11) is -1.29. The number of halogens is 1. The predicted molar refractivity (Wildman–Crippen MR) is 165 cm³/mol. The third-order valence-electron chi connectivity index (χ3n) is 6.69. The van der Waals surface area contributed by atoms with E-state index in [4.69, 9.17) is 0 Å². The molecule has 1 unspecified atom stereocenters. The molecule has 0 aromatic heterocycles. The van der Waals surface area contributed by atoms with Crippen LogP contribution in [0, 0.1) is 19.7 Å².